The number of thioether (sulfide) groups is 1. The minimum atomic E-state index is -0.797. The molecule has 0 radical (unpaired) electrons. The number of ether oxygens (including phenoxy) is 1. The number of hydrogen-bond donors (Lipinski definition) is 1. The van der Waals surface area contributed by atoms with Crippen LogP contribution in [0.3, 0.4) is 0 Å². The molecule has 2 aromatic rings. The largest absolute Gasteiger partial charge is 0.493 e. The van der Waals surface area contributed by atoms with Gasteiger partial charge in [0.25, 0.3) is 0 Å². The Morgan fingerprint density at radius 1 is 1.25 bits per heavy atom. The molecule has 0 spiro atoms. The SMILES string of the molecule is COc1cccc2cc(C(C)NC(=O)C(CCSC)N3C(=O)C4CCCCC4C3=O)oc12. The Hall–Kier alpha value is -2.48. The average Bonchev–Trinajstić information content (AvgIpc) is 3.35. The number of nitrogens with one attached hydrogen (secondary N) is 1. The lowest BCUT2D eigenvalue weighted by molar-refractivity contribution is -0.148. The quantitative estimate of drug-likeness (QED) is 0.603. The molecule has 3 amide bonds. The zero-order valence-corrected chi connectivity index (χ0v) is 19.6. The third-order valence-corrected chi connectivity index (χ3v) is 7.26. The van der Waals surface area contributed by atoms with Crippen molar-refractivity contribution in [3.05, 3.63) is 30.0 Å². The van der Waals surface area contributed by atoms with Gasteiger partial charge in [-0.3, -0.25) is 19.3 Å². The lowest BCUT2D eigenvalue weighted by atomic mass is 9.81. The molecule has 2 heterocycles. The smallest absolute Gasteiger partial charge is 0.243 e. The standard InChI is InChI=1S/C24H30N2O5S/c1-14(20-13-15-7-6-10-19(30-2)21(15)31-20)25-22(27)18(11-12-32-3)26-23(28)16-8-4-5-9-17(16)24(26)29/h6-7,10,13-14,16-18H,4-5,8-9,11-12H2,1-3H3,(H,25,27). The van der Waals surface area contributed by atoms with E-state index in [9.17, 15) is 14.4 Å². The number of rotatable bonds is 8. The fraction of sp³-hybridized carbons (Fsp3) is 0.542. The van der Waals surface area contributed by atoms with Crippen LogP contribution in [-0.2, 0) is 14.4 Å². The predicted octanol–water partition coefficient (Wildman–Crippen LogP) is 3.92. The molecule has 172 valence electrons. The molecule has 1 aliphatic heterocycles. The molecule has 1 aliphatic carbocycles. The second-order valence-corrected chi connectivity index (χ2v) is 9.58. The van der Waals surface area contributed by atoms with Crippen molar-refractivity contribution in [1.29, 1.82) is 0 Å². The Labute approximate surface area is 192 Å². The molecule has 4 rings (SSSR count). The zero-order chi connectivity index (χ0) is 22.8. The molecule has 1 saturated carbocycles. The summed E-state index contributed by atoms with van der Waals surface area (Å²) in [7, 11) is 1.58. The van der Waals surface area contributed by atoms with Gasteiger partial charge in [0.05, 0.1) is 25.0 Å². The molecular weight excluding hydrogens is 428 g/mol. The van der Waals surface area contributed by atoms with Crippen LogP contribution in [0.25, 0.3) is 11.0 Å². The Balaban J connectivity index is 1.54. The minimum absolute atomic E-state index is 0.179. The monoisotopic (exact) mass is 458 g/mol. The summed E-state index contributed by atoms with van der Waals surface area (Å²) in [5.41, 5.74) is 0.624. The van der Waals surface area contributed by atoms with Crippen molar-refractivity contribution in [3.8, 4) is 5.75 Å². The Morgan fingerprint density at radius 2 is 1.94 bits per heavy atom. The van der Waals surface area contributed by atoms with E-state index in [2.05, 4.69) is 5.32 Å². The van der Waals surface area contributed by atoms with Crippen LogP contribution in [0.15, 0.2) is 28.7 Å². The number of hydrogen-bond acceptors (Lipinski definition) is 6. The van der Waals surface area contributed by atoms with Crippen LogP contribution in [-0.4, -0.2) is 47.8 Å². The van der Waals surface area contributed by atoms with E-state index in [0.717, 1.165) is 31.1 Å². The highest BCUT2D eigenvalue weighted by atomic mass is 32.2. The number of nitrogens with zero attached hydrogens (tertiary/aromatic N) is 1. The first-order chi connectivity index (χ1) is 15.5. The van der Waals surface area contributed by atoms with Gasteiger partial charge in [0.2, 0.25) is 17.7 Å². The molecule has 8 heteroatoms. The van der Waals surface area contributed by atoms with Gasteiger partial charge in [-0.05, 0) is 50.3 Å². The van der Waals surface area contributed by atoms with Crippen molar-refractivity contribution >= 4 is 40.5 Å². The molecule has 2 fully saturated rings. The first-order valence-electron chi connectivity index (χ1n) is 11.2. The number of furan rings is 1. The maximum absolute atomic E-state index is 13.3. The Kier molecular flexibility index (Phi) is 6.79. The third kappa shape index (κ3) is 4.12. The first kappa shape index (κ1) is 22.7. The number of likely N-dealkylation sites (tertiary alicyclic amines) is 1. The van der Waals surface area contributed by atoms with Gasteiger partial charge >= 0.3 is 0 Å². The fourth-order valence-electron chi connectivity index (χ4n) is 4.91. The Bertz CT molecular complexity index is 995. The van der Waals surface area contributed by atoms with Gasteiger partial charge < -0.3 is 14.5 Å². The van der Waals surface area contributed by atoms with Gasteiger partial charge in [-0.15, -0.1) is 0 Å². The van der Waals surface area contributed by atoms with Gasteiger partial charge in [-0.1, -0.05) is 25.0 Å². The molecule has 1 saturated heterocycles. The molecule has 1 aromatic heterocycles. The minimum Gasteiger partial charge on any atom is -0.493 e. The third-order valence-electron chi connectivity index (χ3n) is 6.62. The van der Waals surface area contributed by atoms with Gasteiger partial charge in [0.15, 0.2) is 11.3 Å². The van der Waals surface area contributed by atoms with Crippen molar-refractivity contribution in [1.82, 2.24) is 10.2 Å². The summed E-state index contributed by atoms with van der Waals surface area (Å²) in [6.45, 7) is 1.83. The highest BCUT2D eigenvalue weighted by Gasteiger charge is 2.51. The van der Waals surface area contributed by atoms with Gasteiger partial charge in [0.1, 0.15) is 11.8 Å². The van der Waals surface area contributed by atoms with Crippen molar-refractivity contribution < 1.29 is 23.5 Å². The number of benzene rings is 1. The van der Waals surface area contributed by atoms with Crippen LogP contribution in [0.4, 0.5) is 0 Å². The summed E-state index contributed by atoms with van der Waals surface area (Å²) in [5.74, 6) is 0.696. The van der Waals surface area contributed by atoms with E-state index < -0.39 is 12.1 Å². The molecule has 32 heavy (non-hydrogen) atoms. The van der Waals surface area contributed by atoms with E-state index in [4.69, 9.17) is 9.15 Å². The van der Waals surface area contributed by atoms with Crippen LogP contribution in [0.1, 0.15) is 50.8 Å². The van der Waals surface area contributed by atoms with E-state index >= 15 is 0 Å². The number of carbonyl (C=O) groups is 3. The number of imide groups is 1. The van der Waals surface area contributed by atoms with Crippen LogP contribution < -0.4 is 10.1 Å². The molecule has 1 aromatic carbocycles. The number of amides is 3. The van der Waals surface area contributed by atoms with Crippen LogP contribution in [0.2, 0.25) is 0 Å². The summed E-state index contributed by atoms with van der Waals surface area (Å²) in [6, 6.07) is 6.28. The lowest BCUT2D eigenvalue weighted by Crippen LogP contribution is -2.50. The molecule has 0 bridgehead atoms. The molecule has 2 aliphatic rings. The highest BCUT2D eigenvalue weighted by Crippen LogP contribution is 2.39. The van der Waals surface area contributed by atoms with E-state index in [1.807, 2.05) is 37.4 Å². The summed E-state index contributed by atoms with van der Waals surface area (Å²) in [4.78, 5) is 40.8. The number of methoxy groups -OCH3 is 1. The highest BCUT2D eigenvalue weighted by molar-refractivity contribution is 7.98. The van der Waals surface area contributed by atoms with Crippen molar-refractivity contribution in [3.63, 3.8) is 0 Å². The van der Waals surface area contributed by atoms with Crippen molar-refractivity contribution in [2.75, 3.05) is 19.1 Å². The van der Waals surface area contributed by atoms with E-state index in [-0.39, 0.29) is 29.6 Å². The average molecular weight is 459 g/mol. The summed E-state index contributed by atoms with van der Waals surface area (Å²) in [6.07, 6.45) is 5.78. The second-order valence-electron chi connectivity index (χ2n) is 8.60. The van der Waals surface area contributed by atoms with Crippen LogP contribution in [0.5, 0.6) is 5.75 Å². The summed E-state index contributed by atoms with van der Waals surface area (Å²) in [5, 5.41) is 3.86. The molecule has 4 unspecified atom stereocenters. The maximum atomic E-state index is 13.3. The van der Waals surface area contributed by atoms with Crippen LogP contribution >= 0.6 is 11.8 Å². The summed E-state index contributed by atoms with van der Waals surface area (Å²) >= 11 is 1.59. The van der Waals surface area contributed by atoms with Gasteiger partial charge in [-0.2, -0.15) is 11.8 Å². The molecule has 1 N–H and O–H groups in total. The molecule has 7 nitrogen and oxygen atoms in total. The van der Waals surface area contributed by atoms with E-state index in [1.54, 1.807) is 18.9 Å². The number of para-hydroxylation sites is 1. The fourth-order valence-corrected chi connectivity index (χ4v) is 5.37. The van der Waals surface area contributed by atoms with E-state index in [0.29, 0.717) is 29.3 Å². The number of fused-ring (bicyclic) bond motifs is 2. The molecular formula is C24H30N2O5S. The Morgan fingerprint density at radius 3 is 2.56 bits per heavy atom. The lowest BCUT2D eigenvalue weighted by Gasteiger charge is -2.27. The number of carbonyl (C=O) groups excluding carboxylic acids is 3. The summed E-state index contributed by atoms with van der Waals surface area (Å²) < 4.78 is 11.3. The van der Waals surface area contributed by atoms with E-state index in [1.165, 1.54) is 4.90 Å². The predicted molar refractivity (Wildman–Crippen MR) is 123 cm³/mol. The van der Waals surface area contributed by atoms with Crippen molar-refractivity contribution in [2.24, 2.45) is 11.8 Å². The normalized spacial score (nSPS) is 22.7. The second kappa shape index (κ2) is 9.57. The zero-order valence-electron chi connectivity index (χ0n) is 18.8. The first-order valence-corrected chi connectivity index (χ1v) is 12.6. The topological polar surface area (TPSA) is 88.9 Å². The maximum Gasteiger partial charge on any atom is 0.243 e. The van der Waals surface area contributed by atoms with Crippen molar-refractivity contribution in [2.45, 2.75) is 51.1 Å². The molecule has 4 atom stereocenters. The van der Waals surface area contributed by atoms with Crippen LogP contribution in [0, 0.1) is 11.8 Å². The van der Waals surface area contributed by atoms with Gasteiger partial charge in [0, 0.05) is 5.39 Å². The van der Waals surface area contributed by atoms with Gasteiger partial charge in [-0.25, -0.2) is 0 Å².